The van der Waals surface area contributed by atoms with Crippen LogP contribution in [-0.2, 0) is 6.42 Å². The Hall–Kier alpha value is -1.71. The van der Waals surface area contributed by atoms with Crippen LogP contribution in [0.5, 0.6) is 0 Å². The number of halogens is 2. The second kappa shape index (κ2) is 5.73. The average Bonchev–Trinajstić information content (AvgIpc) is 2.90. The molecule has 0 aliphatic rings. The first-order valence-electron chi connectivity index (χ1n) is 6.34. The molecule has 0 atom stereocenters. The van der Waals surface area contributed by atoms with Crippen molar-refractivity contribution in [2.75, 3.05) is 11.9 Å². The number of benzene rings is 1. The molecular weight excluding hydrogens is 293 g/mol. The van der Waals surface area contributed by atoms with E-state index in [1.165, 1.54) is 0 Å². The number of aromatic nitrogens is 2. The second-order valence-corrected chi connectivity index (χ2v) is 5.32. The van der Waals surface area contributed by atoms with Crippen LogP contribution in [0.1, 0.15) is 5.56 Å². The molecule has 20 heavy (non-hydrogen) atoms. The minimum atomic E-state index is 0.662. The lowest BCUT2D eigenvalue weighted by Gasteiger charge is -2.10. The highest BCUT2D eigenvalue weighted by molar-refractivity contribution is 6.35. The Morgan fingerprint density at radius 3 is 2.90 bits per heavy atom. The van der Waals surface area contributed by atoms with Crippen molar-refractivity contribution in [3.63, 3.8) is 0 Å². The standard InChI is InChI=1S/C15H13Cl2N3/c16-12-5-4-11(13(17)10-12)6-7-18-14-2-1-3-15-19-8-9-20(14)15/h1-5,8-10,18H,6-7H2. The van der Waals surface area contributed by atoms with E-state index >= 15 is 0 Å². The van der Waals surface area contributed by atoms with Gasteiger partial charge in [-0.25, -0.2) is 4.98 Å². The number of rotatable bonds is 4. The topological polar surface area (TPSA) is 29.3 Å². The van der Waals surface area contributed by atoms with Crippen LogP contribution in [-0.4, -0.2) is 15.9 Å². The molecule has 3 rings (SSSR count). The molecule has 0 spiro atoms. The summed E-state index contributed by atoms with van der Waals surface area (Å²) >= 11 is 12.1. The summed E-state index contributed by atoms with van der Waals surface area (Å²) in [6, 6.07) is 11.6. The lowest BCUT2D eigenvalue weighted by atomic mass is 10.1. The Bertz CT molecular complexity index is 737. The third kappa shape index (κ3) is 2.74. The molecule has 2 heterocycles. The van der Waals surface area contributed by atoms with Crippen molar-refractivity contribution >= 4 is 34.7 Å². The molecule has 0 bridgehead atoms. The van der Waals surface area contributed by atoms with Crippen molar-refractivity contribution in [3.05, 3.63) is 64.4 Å². The maximum absolute atomic E-state index is 6.16. The fourth-order valence-electron chi connectivity index (χ4n) is 2.14. The number of nitrogens with zero attached hydrogens (tertiary/aromatic N) is 2. The van der Waals surface area contributed by atoms with Gasteiger partial charge in [0.05, 0.1) is 0 Å². The summed E-state index contributed by atoms with van der Waals surface area (Å²) in [7, 11) is 0. The van der Waals surface area contributed by atoms with Crippen molar-refractivity contribution in [2.24, 2.45) is 0 Å². The molecule has 3 nitrogen and oxygen atoms in total. The van der Waals surface area contributed by atoms with Crippen LogP contribution in [0.3, 0.4) is 0 Å². The normalized spacial score (nSPS) is 10.9. The van der Waals surface area contributed by atoms with E-state index in [2.05, 4.69) is 10.3 Å². The molecule has 0 aliphatic carbocycles. The zero-order valence-electron chi connectivity index (χ0n) is 10.7. The van der Waals surface area contributed by atoms with Gasteiger partial charge < -0.3 is 5.32 Å². The molecule has 0 saturated heterocycles. The molecule has 0 unspecified atom stereocenters. The fourth-order valence-corrected chi connectivity index (χ4v) is 2.64. The van der Waals surface area contributed by atoms with Gasteiger partial charge in [0.1, 0.15) is 11.5 Å². The van der Waals surface area contributed by atoms with Crippen LogP contribution < -0.4 is 5.32 Å². The third-order valence-corrected chi connectivity index (χ3v) is 3.73. The summed E-state index contributed by atoms with van der Waals surface area (Å²) in [5.74, 6) is 1.02. The van der Waals surface area contributed by atoms with Gasteiger partial charge in [0.25, 0.3) is 0 Å². The highest BCUT2D eigenvalue weighted by atomic mass is 35.5. The lowest BCUT2D eigenvalue weighted by Crippen LogP contribution is -2.08. The zero-order chi connectivity index (χ0) is 13.9. The Morgan fingerprint density at radius 2 is 2.05 bits per heavy atom. The Morgan fingerprint density at radius 1 is 1.15 bits per heavy atom. The molecule has 1 N–H and O–H groups in total. The van der Waals surface area contributed by atoms with Gasteiger partial charge in [0, 0.05) is 29.0 Å². The van der Waals surface area contributed by atoms with Gasteiger partial charge >= 0.3 is 0 Å². The maximum Gasteiger partial charge on any atom is 0.138 e. The summed E-state index contributed by atoms with van der Waals surface area (Å²) in [5, 5.41) is 4.77. The van der Waals surface area contributed by atoms with E-state index in [0.29, 0.717) is 10.0 Å². The highest BCUT2D eigenvalue weighted by Crippen LogP contribution is 2.21. The molecule has 3 aromatic rings. The third-order valence-electron chi connectivity index (χ3n) is 3.14. The minimum Gasteiger partial charge on any atom is -0.371 e. The predicted octanol–water partition coefficient (Wildman–Crippen LogP) is 4.30. The number of pyridine rings is 1. The monoisotopic (exact) mass is 305 g/mol. The van der Waals surface area contributed by atoms with Gasteiger partial charge in [-0.1, -0.05) is 35.3 Å². The van der Waals surface area contributed by atoms with Gasteiger partial charge in [-0.15, -0.1) is 0 Å². The molecule has 1 aromatic carbocycles. The van der Waals surface area contributed by atoms with Gasteiger partial charge in [0.15, 0.2) is 0 Å². The lowest BCUT2D eigenvalue weighted by molar-refractivity contribution is 0.995. The first-order chi connectivity index (χ1) is 9.74. The smallest absolute Gasteiger partial charge is 0.138 e. The number of anilines is 1. The van der Waals surface area contributed by atoms with E-state index in [0.717, 1.165) is 30.0 Å². The molecule has 102 valence electrons. The predicted molar refractivity (Wildman–Crippen MR) is 83.8 cm³/mol. The largest absolute Gasteiger partial charge is 0.371 e. The maximum atomic E-state index is 6.16. The molecular formula is C15H13Cl2N3. The number of imidazole rings is 1. The van der Waals surface area contributed by atoms with Crippen LogP contribution in [0.2, 0.25) is 10.0 Å². The Kier molecular flexibility index (Phi) is 3.81. The first-order valence-corrected chi connectivity index (χ1v) is 7.09. The molecule has 5 heteroatoms. The van der Waals surface area contributed by atoms with Gasteiger partial charge in [-0.2, -0.15) is 0 Å². The van der Waals surface area contributed by atoms with Crippen LogP contribution in [0.15, 0.2) is 48.8 Å². The molecule has 0 saturated carbocycles. The van der Waals surface area contributed by atoms with Crippen LogP contribution in [0.25, 0.3) is 5.65 Å². The highest BCUT2D eigenvalue weighted by Gasteiger charge is 2.03. The molecule has 0 aliphatic heterocycles. The number of hydrogen-bond donors (Lipinski definition) is 1. The van der Waals surface area contributed by atoms with E-state index in [4.69, 9.17) is 23.2 Å². The van der Waals surface area contributed by atoms with Gasteiger partial charge in [-0.3, -0.25) is 4.40 Å². The van der Waals surface area contributed by atoms with Crippen LogP contribution in [0.4, 0.5) is 5.82 Å². The van der Waals surface area contributed by atoms with Crippen molar-refractivity contribution in [2.45, 2.75) is 6.42 Å². The second-order valence-electron chi connectivity index (χ2n) is 4.48. The van der Waals surface area contributed by atoms with E-state index < -0.39 is 0 Å². The molecule has 0 radical (unpaired) electrons. The quantitative estimate of drug-likeness (QED) is 0.779. The van der Waals surface area contributed by atoms with Crippen LogP contribution >= 0.6 is 23.2 Å². The van der Waals surface area contributed by atoms with Gasteiger partial charge in [-0.05, 0) is 36.2 Å². The number of hydrogen-bond acceptors (Lipinski definition) is 2. The summed E-state index contributed by atoms with van der Waals surface area (Å²) in [6.07, 6.45) is 4.56. The fraction of sp³-hybridized carbons (Fsp3) is 0.133. The number of fused-ring (bicyclic) bond motifs is 1. The molecule has 2 aromatic heterocycles. The number of nitrogens with one attached hydrogen (secondary N) is 1. The zero-order valence-corrected chi connectivity index (χ0v) is 12.2. The summed E-state index contributed by atoms with van der Waals surface area (Å²) in [5.41, 5.74) is 2.01. The Labute approximate surface area is 127 Å². The molecule has 0 fully saturated rings. The van der Waals surface area contributed by atoms with E-state index in [1.54, 1.807) is 12.3 Å². The van der Waals surface area contributed by atoms with Crippen molar-refractivity contribution in [3.8, 4) is 0 Å². The van der Waals surface area contributed by atoms with E-state index in [-0.39, 0.29) is 0 Å². The van der Waals surface area contributed by atoms with E-state index in [1.807, 2.05) is 40.9 Å². The van der Waals surface area contributed by atoms with E-state index in [9.17, 15) is 0 Å². The summed E-state index contributed by atoms with van der Waals surface area (Å²) in [6.45, 7) is 0.790. The Balaban J connectivity index is 1.69. The molecule has 0 amide bonds. The summed E-state index contributed by atoms with van der Waals surface area (Å²) in [4.78, 5) is 4.26. The summed E-state index contributed by atoms with van der Waals surface area (Å²) < 4.78 is 2.02. The SMILES string of the molecule is Clc1ccc(CCNc2cccc3nccn23)c(Cl)c1. The van der Waals surface area contributed by atoms with Crippen molar-refractivity contribution in [1.29, 1.82) is 0 Å². The van der Waals surface area contributed by atoms with Crippen molar-refractivity contribution < 1.29 is 0 Å². The minimum absolute atomic E-state index is 0.662. The first kappa shape index (κ1) is 13.3. The average molecular weight is 306 g/mol. The van der Waals surface area contributed by atoms with Gasteiger partial charge in [0.2, 0.25) is 0 Å². The van der Waals surface area contributed by atoms with Crippen molar-refractivity contribution in [1.82, 2.24) is 9.38 Å². The van der Waals surface area contributed by atoms with Crippen LogP contribution in [0, 0.1) is 0 Å².